The van der Waals surface area contributed by atoms with E-state index in [0.29, 0.717) is 0 Å². The Morgan fingerprint density at radius 2 is 1.87 bits per heavy atom. The molecule has 2 aliphatic rings. The van der Waals surface area contributed by atoms with Crippen molar-refractivity contribution in [3.05, 3.63) is 29.8 Å². The molecule has 23 heavy (non-hydrogen) atoms. The van der Waals surface area contributed by atoms with Gasteiger partial charge in [-0.1, -0.05) is 32.0 Å². The van der Waals surface area contributed by atoms with Crippen molar-refractivity contribution in [2.24, 2.45) is 0 Å². The highest BCUT2D eigenvalue weighted by atomic mass is 28.4. The van der Waals surface area contributed by atoms with Crippen LogP contribution in [-0.2, 0) is 4.74 Å². The van der Waals surface area contributed by atoms with E-state index in [-0.39, 0.29) is 11.1 Å². The molecule has 0 aromatic heterocycles. The maximum Gasteiger partial charge on any atom is 0.211 e. The Morgan fingerprint density at radius 1 is 1.22 bits per heavy atom. The average molecular weight is 335 g/mol. The molecule has 128 valence electrons. The van der Waals surface area contributed by atoms with Crippen LogP contribution in [-0.4, -0.2) is 18.9 Å². The van der Waals surface area contributed by atoms with Gasteiger partial charge in [0.05, 0.1) is 6.10 Å². The highest BCUT2D eigenvalue weighted by Crippen LogP contribution is 2.49. The molecule has 1 fully saturated rings. The predicted octanol–water partition coefficient (Wildman–Crippen LogP) is 5.16. The van der Waals surface area contributed by atoms with E-state index < -0.39 is 14.1 Å². The van der Waals surface area contributed by atoms with Gasteiger partial charge in [-0.3, -0.25) is 0 Å². The van der Waals surface area contributed by atoms with E-state index in [4.69, 9.17) is 9.47 Å². The van der Waals surface area contributed by atoms with Crippen molar-refractivity contribution in [2.45, 2.75) is 82.4 Å². The Morgan fingerprint density at radius 3 is 2.52 bits per heavy atom. The summed E-state index contributed by atoms with van der Waals surface area (Å²) in [6.07, 6.45) is 6.31. The van der Waals surface area contributed by atoms with Crippen LogP contribution in [0.1, 0.15) is 64.0 Å². The normalized spacial score (nSPS) is 23.6. The van der Waals surface area contributed by atoms with Gasteiger partial charge in [0.25, 0.3) is 0 Å². The van der Waals surface area contributed by atoms with Gasteiger partial charge in [0.2, 0.25) is 5.79 Å². The molecule has 1 aliphatic heterocycles. The lowest BCUT2D eigenvalue weighted by molar-refractivity contribution is -0.227. The fourth-order valence-corrected chi connectivity index (χ4v) is 4.29. The third-order valence-corrected chi connectivity index (χ3v) is 9.53. The van der Waals surface area contributed by atoms with E-state index in [1.165, 1.54) is 18.4 Å². The van der Waals surface area contributed by atoms with Crippen LogP contribution < -0.4 is 4.74 Å². The molecule has 1 spiro atoms. The molecule has 1 aliphatic carbocycles. The minimum absolute atomic E-state index is 0.0214. The molecule has 1 saturated carbocycles. The topological polar surface area (TPSA) is 38.7 Å². The fraction of sp³-hybridized carbons (Fsp3) is 0.684. The Bertz CT molecular complexity index is 556. The van der Waals surface area contributed by atoms with Gasteiger partial charge in [-0.15, -0.1) is 0 Å². The first kappa shape index (κ1) is 17.0. The summed E-state index contributed by atoms with van der Waals surface area (Å²) >= 11 is 0. The van der Waals surface area contributed by atoms with Crippen LogP contribution in [0.25, 0.3) is 0 Å². The van der Waals surface area contributed by atoms with Gasteiger partial charge in [0, 0.05) is 18.4 Å². The second-order valence-corrected chi connectivity index (χ2v) is 12.8. The quantitative estimate of drug-likeness (QED) is 0.773. The first-order valence-corrected chi connectivity index (χ1v) is 11.9. The molecule has 1 N–H and O–H groups in total. The fourth-order valence-electron chi connectivity index (χ4n) is 3.53. The van der Waals surface area contributed by atoms with Gasteiger partial charge in [-0.25, -0.2) is 0 Å². The number of rotatable bonds is 4. The molecule has 4 heteroatoms. The highest BCUT2D eigenvalue weighted by molar-refractivity contribution is 6.72. The summed E-state index contributed by atoms with van der Waals surface area (Å²) in [5.41, 5.74) is 1.17. The number of hydrogen-bond acceptors (Lipinski definition) is 3. The number of ether oxygens (including phenoxy) is 2. The third-order valence-electron chi connectivity index (χ3n) is 5.97. The Kier molecular flexibility index (Phi) is 4.36. The summed E-state index contributed by atoms with van der Waals surface area (Å²) in [5, 5.41) is -0.0214. The zero-order valence-corrected chi connectivity index (χ0v) is 15.9. The molecule has 1 unspecified atom stereocenters. The molecule has 1 atom stereocenters. The minimum Gasteiger partial charge on any atom is -0.462 e. The monoisotopic (exact) mass is 334 g/mol. The van der Waals surface area contributed by atoms with Crippen molar-refractivity contribution < 1.29 is 14.3 Å². The largest absolute Gasteiger partial charge is 0.462 e. The van der Waals surface area contributed by atoms with Gasteiger partial charge in [0.1, 0.15) is 5.75 Å². The van der Waals surface area contributed by atoms with Crippen LogP contribution in [0.3, 0.4) is 0 Å². The first-order chi connectivity index (χ1) is 10.7. The second-order valence-electron chi connectivity index (χ2n) is 8.35. The molecule has 3 rings (SSSR count). The highest BCUT2D eigenvalue weighted by Gasteiger charge is 2.45. The molecule has 0 saturated heterocycles. The van der Waals surface area contributed by atoms with Crippen molar-refractivity contribution >= 4 is 8.32 Å². The Balaban J connectivity index is 1.80. The summed E-state index contributed by atoms with van der Waals surface area (Å²) in [5.74, 6) is 0.582. The molecule has 0 bridgehead atoms. The smallest absolute Gasteiger partial charge is 0.211 e. The van der Waals surface area contributed by atoms with Crippen LogP contribution in [0.15, 0.2) is 24.3 Å². The summed E-state index contributed by atoms with van der Waals surface area (Å²) in [6, 6.07) is 8.29. The van der Waals surface area contributed by atoms with Crippen molar-refractivity contribution in [3.8, 4) is 5.75 Å². The summed E-state index contributed by atoms with van der Waals surface area (Å²) in [6.45, 7) is 8.44. The van der Waals surface area contributed by atoms with Crippen molar-refractivity contribution in [1.29, 1.82) is 0 Å². The molecule has 0 radical (unpaired) electrons. The number of benzene rings is 1. The Labute approximate surface area is 141 Å². The predicted molar refractivity (Wildman–Crippen MR) is 95.1 cm³/mol. The average Bonchev–Trinajstić information content (AvgIpc) is 2.91. The lowest BCUT2D eigenvalue weighted by Gasteiger charge is -2.42. The summed E-state index contributed by atoms with van der Waals surface area (Å²) < 4.78 is 12.7. The van der Waals surface area contributed by atoms with Crippen molar-refractivity contribution in [1.82, 2.24) is 0 Å². The van der Waals surface area contributed by atoms with Crippen LogP contribution in [0.4, 0.5) is 0 Å². The van der Waals surface area contributed by atoms with Crippen LogP contribution in [0.2, 0.25) is 18.1 Å². The van der Waals surface area contributed by atoms with E-state index in [2.05, 4.69) is 32.0 Å². The van der Waals surface area contributed by atoms with E-state index >= 15 is 0 Å². The van der Waals surface area contributed by atoms with Gasteiger partial charge < -0.3 is 14.3 Å². The first-order valence-electron chi connectivity index (χ1n) is 8.91. The Hall–Kier alpha value is -0.843. The molecular formula is C19H30O3Si. The maximum atomic E-state index is 10.5. The molecule has 1 aromatic rings. The maximum absolute atomic E-state index is 10.5. The molecule has 0 amide bonds. The standard InChI is InChI=1S/C19H30O3Si/c1-18(2,23(3,4)20)14-11-17-15-9-5-6-10-16(15)21-19(22-17)12-7-8-13-19/h5-6,9-10,17,20H,7-8,11-14H2,1-4H3. The molecule has 3 nitrogen and oxygen atoms in total. The van der Waals surface area contributed by atoms with Crippen LogP contribution in [0, 0.1) is 0 Å². The van der Waals surface area contributed by atoms with Crippen LogP contribution in [0.5, 0.6) is 5.75 Å². The summed E-state index contributed by atoms with van der Waals surface area (Å²) in [4.78, 5) is 10.5. The van der Waals surface area contributed by atoms with Gasteiger partial charge in [-0.05, 0) is 49.9 Å². The second kappa shape index (κ2) is 5.90. The molecular weight excluding hydrogens is 304 g/mol. The molecule has 1 aromatic carbocycles. The van der Waals surface area contributed by atoms with Crippen molar-refractivity contribution in [3.63, 3.8) is 0 Å². The number of hydrogen-bond donors (Lipinski definition) is 1. The van der Waals surface area contributed by atoms with Gasteiger partial charge >= 0.3 is 0 Å². The lowest BCUT2D eigenvalue weighted by Crippen LogP contribution is -2.42. The van der Waals surface area contributed by atoms with Crippen LogP contribution >= 0.6 is 0 Å². The van der Waals surface area contributed by atoms with Gasteiger partial charge in [0.15, 0.2) is 8.32 Å². The number of para-hydroxylation sites is 1. The third kappa shape index (κ3) is 3.35. The zero-order chi connectivity index (χ0) is 16.7. The van der Waals surface area contributed by atoms with E-state index in [1.54, 1.807) is 0 Å². The minimum atomic E-state index is -2.19. The van der Waals surface area contributed by atoms with Crippen molar-refractivity contribution in [2.75, 3.05) is 0 Å². The molecule has 1 heterocycles. The number of fused-ring (bicyclic) bond motifs is 1. The van der Waals surface area contributed by atoms with E-state index in [0.717, 1.165) is 31.4 Å². The lowest BCUT2D eigenvalue weighted by atomic mass is 9.96. The SMILES string of the molecule is CC(C)(CCC1OC2(CCCC2)Oc2ccccc21)[Si](C)(C)O. The zero-order valence-electron chi connectivity index (χ0n) is 14.9. The van der Waals surface area contributed by atoms with Gasteiger partial charge in [-0.2, -0.15) is 0 Å². The van der Waals surface area contributed by atoms with E-state index in [1.807, 2.05) is 19.2 Å². The van der Waals surface area contributed by atoms with E-state index in [9.17, 15) is 4.80 Å². The summed E-state index contributed by atoms with van der Waals surface area (Å²) in [7, 11) is -2.19.